The van der Waals surface area contributed by atoms with Crippen molar-refractivity contribution in [1.82, 2.24) is 4.90 Å². The number of hydrogen-bond donors (Lipinski definition) is 0. The molecule has 0 spiro atoms. The van der Waals surface area contributed by atoms with Crippen LogP contribution >= 0.6 is 15.9 Å². The lowest BCUT2D eigenvalue weighted by Crippen LogP contribution is -2.51. The number of nitrogens with zero attached hydrogens (tertiary/aromatic N) is 1. The third kappa shape index (κ3) is 2.98. The van der Waals surface area contributed by atoms with E-state index in [1.807, 2.05) is 6.92 Å². The highest BCUT2D eigenvalue weighted by Crippen LogP contribution is 2.19. The van der Waals surface area contributed by atoms with Crippen molar-refractivity contribution in [3.05, 3.63) is 35.1 Å². The summed E-state index contributed by atoms with van der Waals surface area (Å²) < 4.78 is 19.6. The fraction of sp³-hybridized carbons (Fsp3) is 0.500. The molecule has 2 atom stereocenters. The first-order chi connectivity index (χ1) is 9.04. The molecule has 2 rings (SSSR count). The van der Waals surface area contributed by atoms with Gasteiger partial charge in [0.1, 0.15) is 5.82 Å². The average Bonchev–Trinajstić information content (AvgIpc) is 2.42. The Morgan fingerprint density at radius 3 is 3.00 bits per heavy atom. The molecule has 1 saturated heterocycles. The number of carbonyl (C=O) groups is 1. The zero-order valence-corrected chi connectivity index (χ0v) is 12.6. The van der Waals surface area contributed by atoms with Crippen molar-refractivity contribution in [2.24, 2.45) is 0 Å². The van der Waals surface area contributed by atoms with Crippen molar-refractivity contribution >= 4 is 21.8 Å². The molecule has 1 fully saturated rings. The van der Waals surface area contributed by atoms with Crippen molar-refractivity contribution in [1.29, 1.82) is 0 Å². The van der Waals surface area contributed by atoms with E-state index in [-0.39, 0.29) is 23.6 Å². The zero-order valence-electron chi connectivity index (χ0n) is 11.0. The van der Waals surface area contributed by atoms with Gasteiger partial charge in [-0.25, -0.2) is 4.39 Å². The number of amides is 1. The van der Waals surface area contributed by atoms with Crippen LogP contribution in [0, 0.1) is 12.7 Å². The Morgan fingerprint density at radius 2 is 2.32 bits per heavy atom. The summed E-state index contributed by atoms with van der Waals surface area (Å²) in [6, 6.07) is 4.87. The normalized spacial score (nSPS) is 23.5. The maximum Gasteiger partial charge on any atom is 0.257 e. The van der Waals surface area contributed by atoms with Crippen LogP contribution in [0.15, 0.2) is 18.2 Å². The van der Waals surface area contributed by atoms with Crippen molar-refractivity contribution in [2.45, 2.75) is 26.0 Å². The van der Waals surface area contributed by atoms with Crippen LogP contribution in [0.3, 0.4) is 0 Å². The number of alkyl halides is 1. The highest BCUT2D eigenvalue weighted by molar-refractivity contribution is 9.09. The molecule has 1 amide bonds. The third-order valence-electron chi connectivity index (χ3n) is 3.36. The molecule has 104 valence electrons. The first-order valence-corrected chi connectivity index (χ1v) is 7.40. The van der Waals surface area contributed by atoms with E-state index in [1.54, 1.807) is 24.0 Å². The van der Waals surface area contributed by atoms with Crippen LogP contribution in [0.2, 0.25) is 0 Å². The molecule has 3 nitrogen and oxygen atoms in total. The first-order valence-electron chi connectivity index (χ1n) is 6.28. The first kappa shape index (κ1) is 14.5. The molecule has 0 aliphatic carbocycles. The lowest BCUT2D eigenvalue weighted by atomic mass is 10.1. The Morgan fingerprint density at radius 1 is 1.58 bits per heavy atom. The number of rotatable bonds is 2. The Hall–Kier alpha value is -0.940. The van der Waals surface area contributed by atoms with E-state index in [1.165, 1.54) is 6.07 Å². The summed E-state index contributed by atoms with van der Waals surface area (Å²) in [5.41, 5.74) is 0.630. The number of carbonyl (C=O) groups excluding carboxylic acids is 1. The second-order valence-electron chi connectivity index (χ2n) is 4.85. The van der Waals surface area contributed by atoms with E-state index in [0.29, 0.717) is 24.0 Å². The van der Waals surface area contributed by atoms with Gasteiger partial charge < -0.3 is 9.64 Å². The summed E-state index contributed by atoms with van der Waals surface area (Å²) in [6.07, 6.45) is -0.0342. The molecular formula is C14H17BrFNO2. The van der Waals surface area contributed by atoms with Gasteiger partial charge in [0.15, 0.2) is 0 Å². The molecular weight excluding hydrogens is 313 g/mol. The Labute approximate surface area is 120 Å². The maximum atomic E-state index is 14.0. The second kappa shape index (κ2) is 6.01. The Balaban J connectivity index is 2.24. The number of ether oxygens (including phenoxy) is 1. The van der Waals surface area contributed by atoms with E-state index >= 15 is 0 Å². The molecule has 1 aromatic carbocycles. The molecule has 0 aromatic heterocycles. The second-order valence-corrected chi connectivity index (χ2v) is 5.50. The van der Waals surface area contributed by atoms with Crippen LogP contribution in [0.5, 0.6) is 0 Å². The van der Waals surface area contributed by atoms with E-state index < -0.39 is 5.82 Å². The molecule has 1 aliphatic rings. The molecule has 5 heteroatoms. The predicted molar refractivity (Wildman–Crippen MR) is 75.2 cm³/mol. The summed E-state index contributed by atoms with van der Waals surface area (Å²) in [4.78, 5) is 14.1. The summed E-state index contributed by atoms with van der Waals surface area (Å²) in [7, 11) is 0. The minimum atomic E-state index is -0.429. The summed E-state index contributed by atoms with van der Waals surface area (Å²) in [6.45, 7) is 4.54. The molecule has 19 heavy (non-hydrogen) atoms. The molecule has 0 bridgehead atoms. The Kier molecular flexibility index (Phi) is 4.58. The molecule has 0 radical (unpaired) electrons. The molecule has 1 heterocycles. The van der Waals surface area contributed by atoms with Gasteiger partial charge in [0, 0.05) is 11.9 Å². The number of benzene rings is 1. The van der Waals surface area contributed by atoms with E-state index in [0.717, 1.165) is 0 Å². The lowest BCUT2D eigenvalue weighted by Gasteiger charge is -2.37. The van der Waals surface area contributed by atoms with Gasteiger partial charge in [0.05, 0.1) is 24.3 Å². The smallest absolute Gasteiger partial charge is 0.257 e. The highest BCUT2D eigenvalue weighted by Gasteiger charge is 2.31. The van der Waals surface area contributed by atoms with Gasteiger partial charge in [-0.3, -0.25) is 4.79 Å². The molecule has 2 unspecified atom stereocenters. The van der Waals surface area contributed by atoms with Crippen LogP contribution in [-0.2, 0) is 4.74 Å². The van der Waals surface area contributed by atoms with Crippen molar-refractivity contribution < 1.29 is 13.9 Å². The van der Waals surface area contributed by atoms with Crippen LogP contribution < -0.4 is 0 Å². The van der Waals surface area contributed by atoms with Crippen molar-refractivity contribution in [2.75, 3.05) is 18.5 Å². The zero-order chi connectivity index (χ0) is 14.0. The van der Waals surface area contributed by atoms with Crippen molar-refractivity contribution in [3.63, 3.8) is 0 Å². The maximum absolute atomic E-state index is 14.0. The minimum Gasteiger partial charge on any atom is -0.373 e. The number of halogens is 2. The van der Waals surface area contributed by atoms with Crippen LogP contribution in [0.25, 0.3) is 0 Å². The quantitative estimate of drug-likeness (QED) is 0.781. The van der Waals surface area contributed by atoms with E-state index in [2.05, 4.69) is 15.9 Å². The summed E-state index contributed by atoms with van der Waals surface area (Å²) >= 11 is 3.35. The lowest BCUT2D eigenvalue weighted by molar-refractivity contribution is -0.0363. The minimum absolute atomic E-state index is 0.0342. The van der Waals surface area contributed by atoms with Crippen LogP contribution in [-0.4, -0.2) is 41.4 Å². The van der Waals surface area contributed by atoms with Gasteiger partial charge >= 0.3 is 0 Å². The number of hydrogen-bond acceptors (Lipinski definition) is 2. The monoisotopic (exact) mass is 329 g/mol. The Bertz CT molecular complexity index is 481. The average molecular weight is 330 g/mol. The van der Waals surface area contributed by atoms with Gasteiger partial charge in [-0.2, -0.15) is 0 Å². The topological polar surface area (TPSA) is 29.5 Å². The SMILES string of the molecule is Cc1cccc(C(=O)N2CC(CBr)OCC2C)c1F. The molecule has 0 N–H and O–H groups in total. The third-order valence-corrected chi connectivity index (χ3v) is 4.08. The molecule has 1 aromatic rings. The van der Waals surface area contributed by atoms with Gasteiger partial charge in [0.2, 0.25) is 0 Å². The molecule has 0 saturated carbocycles. The van der Waals surface area contributed by atoms with Gasteiger partial charge in [0.25, 0.3) is 5.91 Å². The van der Waals surface area contributed by atoms with Gasteiger partial charge in [-0.05, 0) is 25.5 Å². The van der Waals surface area contributed by atoms with E-state index in [9.17, 15) is 9.18 Å². The highest BCUT2D eigenvalue weighted by atomic mass is 79.9. The van der Waals surface area contributed by atoms with E-state index in [4.69, 9.17) is 4.74 Å². The van der Waals surface area contributed by atoms with Gasteiger partial charge in [-0.1, -0.05) is 28.1 Å². The fourth-order valence-corrected chi connectivity index (χ4v) is 2.55. The van der Waals surface area contributed by atoms with Gasteiger partial charge in [-0.15, -0.1) is 0 Å². The number of aryl methyl sites for hydroxylation is 1. The molecule has 1 aliphatic heterocycles. The number of morpholine rings is 1. The fourth-order valence-electron chi connectivity index (χ4n) is 2.16. The predicted octanol–water partition coefficient (Wildman–Crippen LogP) is 2.76. The van der Waals surface area contributed by atoms with Crippen LogP contribution in [0.4, 0.5) is 4.39 Å². The van der Waals surface area contributed by atoms with Crippen molar-refractivity contribution in [3.8, 4) is 0 Å². The summed E-state index contributed by atoms with van der Waals surface area (Å²) in [5.74, 6) is -0.690. The standard InChI is InChI=1S/C14H17BrFNO2/c1-9-4-3-5-12(13(9)16)14(18)17-7-11(6-15)19-8-10(17)2/h3-5,10-11H,6-8H2,1-2H3. The summed E-state index contributed by atoms with van der Waals surface area (Å²) in [5, 5.41) is 0.666. The largest absolute Gasteiger partial charge is 0.373 e. The van der Waals surface area contributed by atoms with Crippen LogP contribution in [0.1, 0.15) is 22.8 Å².